The summed E-state index contributed by atoms with van der Waals surface area (Å²) in [6, 6.07) is 11.3. The number of benzene rings is 2. The molecule has 0 aliphatic carbocycles. The van der Waals surface area contributed by atoms with Crippen LogP contribution in [0, 0.1) is 19.7 Å². The SMILES string of the molecule is Cc1nn(-c2ccc(F)c(Cl)c2)c(=O)c(C)c1-c1cccc(N)c1. The molecule has 122 valence electrons. The first-order valence-electron chi connectivity index (χ1n) is 7.30. The average Bonchev–Trinajstić information content (AvgIpc) is 2.54. The van der Waals surface area contributed by atoms with Crippen molar-refractivity contribution in [2.24, 2.45) is 0 Å². The molecule has 0 amide bonds. The Balaban J connectivity index is 2.23. The van der Waals surface area contributed by atoms with E-state index in [1.807, 2.05) is 19.1 Å². The molecule has 3 rings (SSSR count). The molecular weight excluding hydrogens is 329 g/mol. The third kappa shape index (κ3) is 2.78. The number of aromatic nitrogens is 2. The van der Waals surface area contributed by atoms with E-state index in [-0.39, 0.29) is 10.6 Å². The Bertz CT molecular complexity index is 998. The number of aryl methyl sites for hydroxylation is 1. The van der Waals surface area contributed by atoms with Crippen molar-refractivity contribution in [3.8, 4) is 16.8 Å². The Labute approximate surface area is 143 Å². The molecule has 4 nitrogen and oxygen atoms in total. The third-order valence-electron chi connectivity index (χ3n) is 3.82. The van der Waals surface area contributed by atoms with E-state index in [1.54, 1.807) is 19.1 Å². The van der Waals surface area contributed by atoms with Crippen LogP contribution in [0.3, 0.4) is 0 Å². The normalized spacial score (nSPS) is 10.8. The molecule has 0 spiro atoms. The smallest absolute Gasteiger partial charge is 0.275 e. The first-order valence-corrected chi connectivity index (χ1v) is 7.68. The minimum Gasteiger partial charge on any atom is -0.399 e. The van der Waals surface area contributed by atoms with Gasteiger partial charge in [0.15, 0.2) is 0 Å². The van der Waals surface area contributed by atoms with E-state index in [0.717, 1.165) is 11.1 Å². The lowest BCUT2D eigenvalue weighted by molar-refractivity contribution is 0.627. The summed E-state index contributed by atoms with van der Waals surface area (Å²) in [4.78, 5) is 12.7. The van der Waals surface area contributed by atoms with Crippen molar-refractivity contribution in [2.45, 2.75) is 13.8 Å². The van der Waals surface area contributed by atoms with E-state index in [2.05, 4.69) is 5.10 Å². The number of nitrogen functional groups attached to an aromatic ring is 1. The molecule has 24 heavy (non-hydrogen) atoms. The fourth-order valence-corrected chi connectivity index (χ4v) is 2.87. The van der Waals surface area contributed by atoms with Gasteiger partial charge in [-0.2, -0.15) is 9.78 Å². The zero-order chi connectivity index (χ0) is 17.4. The molecular formula is C18H15ClFN3O. The number of anilines is 1. The number of hydrogen-bond acceptors (Lipinski definition) is 3. The van der Waals surface area contributed by atoms with E-state index >= 15 is 0 Å². The van der Waals surface area contributed by atoms with Crippen molar-refractivity contribution in [3.63, 3.8) is 0 Å². The lowest BCUT2D eigenvalue weighted by Crippen LogP contribution is -2.25. The van der Waals surface area contributed by atoms with E-state index in [9.17, 15) is 9.18 Å². The highest BCUT2D eigenvalue weighted by Gasteiger charge is 2.15. The molecule has 0 aliphatic heterocycles. The van der Waals surface area contributed by atoms with Crippen LogP contribution in [-0.4, -0.2) is 9.78 Å². The monoisotopic (exact) mass is 343 g/mol. The first-order chi connectivity index (χ1) is 11.4. The minimum absolute atomic E-state index is 0.0589. The fourth-order valence-electron chi connectivity index (χ4n) is 2.69. The predicted molar refractivity (Wildman–Crippen MR) is 94.1 cm³/mol. The van der Waals surface area contributed by atoms with Crippen LogP contribution < -0.4 is 11.3 Å². The van der Waals surface area contributed by atoms with E-state index in [0.29, 0.717) is 22.6 Å². The molecule has 0 saturated carbocycles. The zero-order valence-corrected chi connectivity index (χ0v) is 13.9. The molecule has 1 heterocycles. The van der Waals surface area contributed by atoms with Gasteiger partial charge >= 0.3 is 0 Å². The van der Waals surface area contributed by atoms with Gasteiger partial charge in [-0.15, -0.1) is 0 Å². The van der Waals surface area contributed by atoms with Gasteiger partial charge in [0.1, 0.15) is 5.82 Å². The molecule has 0 fully saturated rings. The van der Waals surface area contributed by atoms with Gasteiger partial charge in [-0.1, -0.05) is 23.7 Å². The van der Waals surface area contributed by atoms with Gasteiger partial charge in [-0.25, -0.2) is 4.39 Å². The fraction of sp³-hybridized carbons (Fsp3) is 0.111. The largest absolute Gasteiger partial charge is 0.399 e. The summed E-state index contributed by atoms with van der Waals surface area (Å²) < 4.78 is 14.6. The van der Waals surface area contributed by atoms with Crippen molar-refractivity contribution in [1.29, 1.82) is 0 Å². The molecule has 0 bridgehead atoms. The molecule has 0 aliphatic rings. The second-order valence-corrected chi connectivity index (χ2v) is 5.93. The Morgan fingerprint density at radius 1 is 1.17 bits per heavy atom. The zero-order valence-electron chi connectivity index (χ0n) is 13.2. The van der Waals surface area contributed by atoms with Gasteiger partial charge in [0.05, 0.1) is 16.4 Å². The van der Waals surface area contributed by atoms with Crippen molar-refractivity contribution in [2.75, 3.05) is 5.73 Å². The van der Waals surface area contributed by atoms with E-state index in [4.69, 9.17) is 17.3 Å². The number of nitrogens with two attached hydrogens (primary N) is 1. The topological polar surface area (TPSA) is 60.9 Å². The summed E-state index contributed by atoms with van der Waals surface area (Å²) in [5.41, 5.74) is 9.35. The van der Waals surface area contributed by atoms with Crippen LogP contribution in [0.4, 0.5) is 10.1 Å². The Morgan fingerprint density at radius 3 is 2.58 bits per heavy atom. The molecule has 0 saturated heterocycles. The van der Waals surface area contributed by atoms with Crippen LogP contribution in [0.1, 0.15) is 11.3 Å². The van der Waals surface area contributed by atoms with Crippen LogP contribution >= 0.6 is 11.6 Å². The van der Waals surface area contributed by atoms with Gasteiger partial charge in [0, 0.05) is 16.8 Å². The van der Waals surface area contributed by atoms with Gasteiger partial charge in [0.2, 0.25) is 0 Å². The standard InChI is InChI=1S/C18H15ClFN3O/c1-10-17(12-4-3-5-13(21)8-12)11(2)22-23(18(10)24)14-6-7-16(20)15(19)9-14/h3-9H,21H2,1-2H3. The summed E-state index contributed by atoms with van der Waals surface area (Å²) in [5.74, 6) is -0.543. The second-order valence-electron chi connectivity index (χ2n) is 5.53. The number of rotatable bonds is 2. The Hall–Kier alpha value is -2.66. The Morgan fingerprint density at radius 2 is 1.92 bits per heavy atom. The van der Waals surface area contributed by atoms with Crippen molar-refractivity contribution in [1.82, 2.24) is 9.78 Å². The summed E-state index contributed by atoms with van der Waals surface area (Å²) in [6.45, 7) is 3.55. The molecule has 0 atom stereocenters. The van der Waals surface area contributed by atoms with Crippen LogP contribution in [0.2, 0.25) is 5.02 Å². The predicted octanol–water partition coefficient (Wildman–Crippen LogP) is 3.89. The van der Waals surface area contributed by atoms with Crippen LogP contribution in [0.15, 0.2) is 47.3 Å². The maximum absolute atomic E-state index is 13.3. The highest BCUT2D eigenvalue weighted by Crippen LogP contribution is 2.26. The third-order valence-corrected chi connectivity index (χ3v) is 4.11. The summed E-state index contributed by atoms with van der Waals surface area (Å²) in [5, 5.41) is 4.30. The maximum atomic E-state index is 13.3. The maximum Gasteiger partial charge on any atom is 0.275 e. The average molecular weight is 344 g/mol. The Kier molecular flexibility index (Phi) is 4.11. The van der Waals surface area contributed by atoms with Crippen LogP contribution in [-0.2, 0) is 0 Å². The highest BCUT2D eigenvalue weighted by molar-refractivity contribution is 6.30. The molecule has 1 aromatic heterocycles. The number of nitrogens with zero attached hydrogens (tertiary/aromatic N) is 2. The second kappa shape index (κ2) is 6.09. The first kappa shape index (κ1) is 16.2. The van der Waals surface area contributed by atoms with Gasteiger partial charge in [-0.05, 0) is 49.7 Å². The van der Waals surface area contributed by atoms with Crippen LogP contribution in [0.5, 0.6) is 0 Å². The van der Waals surface area contributed by atoms with Gasteiger partial charge in [-0.3, -0.25) is 4.79 Å². The lowest BCUT2D eigenvalue weighted by atomic mass is 10.00. The molecule has 2 aromatic carbocycles. The summed E-state index contributed by atoms with van der Waals surface area (Å²) in [7, 11) is 0. The molecule has 3 aromatic rings. The highest BCUT2D eigenvalue weighted by atomic mass is 35.5. The minimum atomic E-state index is -0.543. The molecule has 0 radical (unpaired) electrons. The number of hydrogen-bond donors (Lipinski definition) is 1. The van der Waals surface area contributed by atoms with Gasteiger partial charge < -0.3 is 5.73 Å². The van der Waals surface area contributed by atoms with Crippen LogP contribution in [0.25, 0.3) is 16.8 Å². The van der Waals surface area contributed by atoms with E-state index in [1.165, 1.54) is 22.9 Å². The summed E-state index contributed by atoms with van der Waals surface area (Å²) >= 11 is 5.81. The molecule has 0 unspecified atom stereocenters. The quantitative estimate of drug-likeness (QED) is 0.718. The van der Waals surface area contributed by atoms with Crippen molar-refractivity contribution in [3.05, 3.63) is 74.9 Å². The van der Waals surface area contributed by atoms with Crippen molar-refractivity contribution >= 4 is 17.3 Å². The van der Waals surface area contributed by atoms with Gasteiger partial charge in [0.25, 0.3) is 5.56 Å². The molecule has 2 N–H and O–H groups in total. The lowest BCUT2D eigenvalue weighted by Gasteiger charge is -2.13. The van der Waals surface area contributed by atoms with E-state index < -0.39 is 5.82 Å². The molecule has 6 heteroatoms. The number of halogens is 2. The summed E-state index contributed by atoms with van der Waals surface area (Å²) in [6.07, 6.45) is 0. The van der Waals surface area contributed by atoms with Crippen molar-refractivity contribution < 1.29 is 4.39 Å².